The van der Waals surface area contributed by atoms with Crippen molar-refractivity contribution in [3.8, 4) is 5.75 Å². The van der Waals surface area contributed by atoms with Crippen LogP contribution in [-0.2, 0) is 11.2 Å². The Labute approximate surface area is 179 Å². The van der Waals surface area contributed by atoms with E-state index >= 15 is 0 Å². The Bertz CT molecular complexity index is 1190. The lowest BCUT2D eigenvalue weighted by Gasteiger charge is -2.35. The summed E-state index contributed by atoms with van der Waals surface area (Å²) in [5.41, 5.74) is 3.26. The molecule has 0 bridgehead atoms. The van der Waals surface area contributed by atoms with Crippen molar-refractivity contribution in [1.82, 2.24) is 24.4 Å². The quantitative estimate of drug-likeness (QED) is 0.679. The Morgan fingerprint density at radius 1 is 1.06 bits per heavy atom. The molecule has 0 unspecified atom stereocenters. The molecule has 2 amide bonds. The molecule has 1 aliphatic heterocycles. The predicted molar refractivity (Wildman–Crippen MR) is 114 cm³/mol. The molecular weight excluding hydrogens is 398 g/mol. The molecule has 1 aromatic carbocycles. The SMILES string of the molecule is COc1ccc(C(=O)N2CCN(C(=O)Cc3c(C)nc4cc(=O)[nH]n4c3C)CC2)cc1. The maximum Gasteiger partial charge on any atom is 0.266 e. The molecule has 1 aliphatic rings. The van der Waals surface area contributed by atoms with Gasteiger partial charge in [0.25, 0.3) is 11.5 Å². The number of ether oxygens (including phenoxy) is 1. The van der Waals surface area contributed by atoms with Crippen molar-refractivity contribution in [1.29, 1.82) is 0 Å². The minimum atomic E-state index is -0.226. The summed E-state index contributed by atoms with van der Waals surface area (Å²) in [5.74, 6) is 0.639. The number of rotatable bonds is 4. The standard InChI is InChI=1S/C22H25N5O4/c1-14-18(15(2)27-19(23-14)13-20(28)24-27)12-21(29)25-8-10-26(11-9-25)22(30)16-4-6-17(31-3)7-5-16/h4-7,13H,8-12H2,1-3H3,(H,24,28). The van der Waals surface area contributed by atoms with Gasteiger partial charge in [0.1, 0.15) is 5.75 Å². The maximum absolute atomic E-state index is 12.9. The van der Waals surface area contributed by atoms with E-state index < -0.39 is 0 Å². The summed E-state index contributed by atoms with van der Waals surface area (Å²) in [7, 11) is 1.59. The third-order valence-corrected chi connectivity index (χ3v) is 5.79. The van der Waals surface area contributed by atoms with E-state index in [-0.39, 0.29) is 23.8 Å². The Balaban J connectivity index is 1.41. The first-order valence-corrected chi connectivity index (χ1v) is 10.2. The molecule has 0 saturated carbocycles. The average Bonchev–Trinajstić information content (AvgIpc) is 3.16. The van der Waals surface area contributed by atoms with E-state index in [2.05, 4.69) is 10.1 Å². The van der Waals surface area contributed by atoms with Gasteiger partial charge in [0, 0.05) is 54.8 Å². The lowest BCUT2D eigenvalue weighted by Crippen LogP contribution is -2.51. The summed E-state index contributed by atoms with van der Waals surface area (Å²) in [6.45, 7) is 5.64. The number of H-pyrrole nitrogens is 1. The number of carbonyl (C=O) groups is 2. The molecule has 3 aromatic rings. The van der Waals surface area contributed by atoms with Crippen LogP contribution in [0.15, 0.2) is 35.1 Å². The molecule has 1 fully saturated rings. The highest BCUT2D eigenvalue weighted by Gasteiger charge is 2.26. The molecule has 31 heavy (non-hydrogen) atoms. The number of piperazine rings is 1. The Hall–Kier alpha value is -3.62. The number of carbonyl (C=O) groups excluding carboxylic acids is 2. The molecule has 0 spiro atoms. The van der Waals surface area contributed by atoms with Gasteiger partial charge in [0.15, 0.2) is 5.65 Å². The first-order chi connectivity index (χ1) is 14.9. The monoisotopic (exact) mass is 423 g/mol. The summed E-state index contributed by atoms with van der Waals surface area (Å²) in [5, 5.41) is 2.71. The Kier molecular flexibility index (Phi) is 5.50. The number of aromatic amines is 1. The van der Waals surface area contributed by atoms with Crippen LogP contribution >= 0.6 is 0 Å². The highest BCUT2D eigenvalue weighted by atomic mass is 16.5. The minimum absolute atomic E-state index is 0.0154. The number of aromatic nitrogens is 3. The average molecular weight is 423 g/mol. The van der Waals surface area contributed by atoms with Crippen LogP contribution in [0.3, 0.4) is 0 Å². The molecular formula is C22H25N5O4. The normalized spacial score (nSPS) is 14.2. The molecule has 4 rings (SSSR count). The zero-order valence-corrected chi connectivity index (χ0v) is 17.8. The van der Waals surface area contributed by atoms with E-state index in [1.165, 1.54) is 6.07 Å². The largest absolute Gasteiger partial charge is 0.497 e. The zero-order chi connectivity index (χ0) is 22.1. The number of nitrogens with one attached hydrogen (secondary N) is 1. The maximum atomic E-state index is 12.9. The van der Waals surface area contributed by atoms with Gasteiger partial charge in [-0.15, -0.1) is 0 Å². The summed E-state index contributed by atoms with van der Waals surface area (Å²) in [4.78, 5) is 45.3. The highest BCUT2D eigenvalue weighted by molar-refractivity contribution is 5.94. The number of amides is 2. The minimum Gasteiger partial charge on any atom is -0.497 e. The molecule has 162 valence electrons. The topological polar surface area (TPSA) is 100 Å². The number of hydrogen-bond acceptors (Lipinski definition) is 5. The van der Waals surface area contributed by atoms with E-state index in [9.17, 15) is 14.4 Å². The molecule has 3 heterocycles. The molecule has 9 heteroatoms. The second kappa shape index (κ2) is 8.25. The second-order valence-electron chi connectivity index (χ2n) is 7.65. The fourth-order valence-electron chi connectivity index (χ4n) is 3.95. The van der Waals surface area contributed by atoms with Gasteiger partial charge in [-0.05, 0) is 38.1 Å². The van der Waals surface area contributed by atoms with Gasteiger partial charge < -0.3 is 14.5 Å². The van der Waals surface area contributed by atoms with E-state index in [1.807, 2.05) is 13.8 Å². The van der Waals surface area contributed by atoms with Gasteiger partial charge in [-0.25, -0.2) is 9.50 Å². The first-order valence-electron chi connectivity index (χ1n) is 10.2. The zero-order valence-electron chi connectivity index (χ0n) is 17.8. The van der Waals surface area contributed by atoms with Crippen molar-refractivity contribution >= 4 is 17.5 Å². The number of nitrogens with zero attached hydrogens (tertiary/aromatic N) is 4. The molecule has 0 radical (unpaired) electrons. The van der Waals surface area contributed by atoms with Gasteiger partial charge in [0.2, 0.25) is 5.91 Å². The number of fused-ring (bicyclic) bond motifs is 1. The summed E-state index contributed by atoms with van der Waals surface area (Å²) in [6.07, 6.45) is 0.202. The van der Waals surface area contributed by atoms with Gasteiger partial charge in [-0.1, -0.05) is 0 Å². The summed E-state index contributed by atoms with van der Waals surface area (Å²) >= 11 is 0. The van der Waals surface area contributed by atoms with E-state index in [0.717, 1.165) is 17.0 Å². The van der Waals surface area contributed by atoms with E-state index in [1.54, 1.807) is 45.7 Å². The van der Waals surface area contributed by atoms with Crippen molar-refractivity contribution < 1.29 is 14.3 Å². The third kappa shape index (κ3) is 4.03. The molecule has 0 atom stereocenters. The third-order valence-electron chi connectivity index (χ3n) is 5.79. The van der Waals surface area contributed by atoms with Crippen LogP contribution in [0.5, 0.6) is 5.75 Å². The van der Waals surface area contributed by atoms with Crippen LogP contribution in [0.2, 0.25) is 0 Å². The molecule has 0 aliphatic carbocycles. The lowest BCUT2D eigenvalue weighted by molar-refractivity contribution is -0.131. The van der Waals surface area contributed by atoms with Crippen LogP contribution in [0.25, 0.3) is 5.65 Å². The van der Waals surface area contributed by atoms with E-state index in [0.29, 0.717) is 43.1 Å². The van der Waals surface area contributed by atoms with Crippen molar-refractivity contribution in [3.05, 3.63) is 63.2 Å². The van der Waals surface area contributed by atoms with Crippen molar-refractivity contribution in [3.63, 3.8) is 0 Å². The van der Waals surface area contributed by atoms with Crippen LogP contribution in [0, 0.1) is 13.8 Å². The smallest absolute Gasteiger partial charge is 0.266 e. The second-order valence-corrected chi connectivity index (χ2v) is 7.65. The van der Waals surface area contributed by atoms with Crippen LogP contribution in [0.4, 0.5) is 0 Å². The number of benzene rings is 1. The van der Waals surface area contributed by atoms with Crippen molar-refractivity contribution in [2.24, 2.45) is 0 Å². The molecule has 1 saturated heterocycles. The lowest BCUT2D eigenvalue weighted by atomic mass is 10.1. The van der Waals surface area contributed by atoms with Crippen LogP contribution in [0.1, 0.15) is 27.3 Å². The fraction of sp³-hybridized carbons (Fsp3) is 0.364. The van der Waals surface area contributed by atoms with Gasteiger partial charge in [0.05, 0.1) is 13.5 Å². The van der Waals surface area contributed by atoms with Crippen LogP contribution < -0.4 is 10.3 Å². The summed E-state index contributed by atoms with van der Waals surface area (Å²) in [6, 6.07) is 8.46. The number of methoxy groups -OCH3 is 1. The summed E-state index contributed by atoms with van der Waals surface area (Å²) < 4.78 is 6.75. The van der Waals surface area contributed by atoms with E-state index in [4.69, 9.17) is 4.74 Å². The Morgan fingerprint density at radius 2 is 1.71 bits per heavy atom. The van der Waals surface area contributed by atoms with Crippen LogP contribution in [-0.4, -0.2) is 69.5 Å². The molecule has 2 aromatic heterocycles. The fourth-order valence-corrected chi connectivity index (χ4v) is 3.95. The van der Waals surface area contributed by atoms with Gasteiger partial charge in [-0.3, -0.25) is 19.5 Å². The van der Waals surface area contributed by atoms with Gasteiger partial charge in [-0.2, -0.15) is 0 Å². The first kappa shape index (κ1) is 20.6. The van der Waals surface area contributed by atoms with Gasteiger partial charge >= 0.3 is 0 Å². The molecule has 9 nitrogen and oxygen atoms in total. The highest BCUT2D eigenvalue weighted by Crippen LogP contribution is 2.17. The Morgan fingerprint density at radius 3 is 2.35 bits per heavy atom. The molecule has 1 N–H and O–H groups in total. The van der Waals surface area contributed by atoms with Crippen molar-refractivity contribution in [2.45, 2.75) is 20.3 Å². The number of aryl methyl sites for hydroxylation is 2. The van der Waals surface area contributed by atoms with Crippen molar-refractivity contribution in [2.75, 3.05) is 33.3 Å². The number of hydrogen-bond donors (Lipinski definition) is 1. The predicted octanol–water partition coefficient (Wildman–Crippen LogP) is 1.18.